The van der Waals surface area contributed by atoms with Crippen LogP contribution in [0.3, 0.4) is 0 Å². The van der Waals surface area contributed by atoms with Gasteiger partial charge in [-0.3, -0.25) is 4.79 Å². The van der Waals surface area contributed by atoms with Gasteiger partial charge in [0.25, 0.3) is 0 Å². The third kappa shape index (κ3) is 3.85. The van der Waals surface area contributed by atoms with E-state index < -0.39 is 0 Å². The Labute approximate surface area is 113 Å². The maximum Gasteiger partial charge on any atom is 0.244 e. The lowest BCUT2D eigenvalue weighted by atomic mass is 10.2. The van der Waals surface area contributed by atoms with Crippen LogP contribution >= 0.6 is 15.9 Å². The molecule has 2 rings (SSSR count). The minimum atomic E-state index is -0.144. The molecule has 0 radical (unpaired) electrons. The van der Waals surface area contributed by atoms with Gasteiger partial charge in [-0.25, -0.2) is 4.98 Å². The molecule has 2 aromatic rings. The lowest BCUT2D eigenvalue weighted by Gasteiger charge is -1.98. The van der Waals surface area contributed by atoms with E-state index in [2.05, 4.69) is 31.2 Å². The molecular formula is C13H12BrN3O. The predicted octanol–water partition coefficient (Wildman–Crippen LogP) is 2.50. The minimum Gasteiger partial charge on any atom is -0.347 e. The SMILES string of the molecule is O=C(C=Cc1ccc(Br)cc1)NCc1ncc[nH]1. The minimum absolute atomic E-state index is 0.144. The van der Waals surface area contributed by atoms with Crippen LogP contribution in [0.5, 0.6) is 0 Å². The van der Waals surface area contributed by atoms with Crippen LogP contribution in [-0.2, 0) is 11.3 Å². The highest BCUT2D eigenvalue weighted by atomic mass is 79.9. The van der Waals surface area contributed by atoms with Gasteiger partial charge in [0.2, 0.25) is 5.91 Å². The van der Waals surface area contributed by atoms with Crippen molar-refractivity contribution < 1.29 is 4.79 Å². The molecule has 4 nitrogen and oxygen atoms in total. The number of aromatic amines is 1. The van der Waals surface area contributed by atoms with E-state index in [4.69, 9.17) is 0 Å². The first-order chi connectivity index (χ1) is 8.74. The summed E-state index contributed by atoms with van der Waals surface area (Å²) in [5.41, 5.74) is 0.978. The van der Waals surface area contributed by atoms with Gasteiger partial charge in [0, 0.05) is 22.9 Å². The van der Waals surface area contributed by atoms with E-state index in [1.54, 1.807) is 18.5 Å². The molecule has 2 N–H and O–H groups in total. The van der Waals surface area contributed by atoms with Gasteiger partial charge in [-0.05, 0) is 23.8 Å². The fourth-order valence-electron chi connectivity index (χ4n) is 1.37. The second-order valence-electron chi connectivity index (χ2n) is 3.64. The highest BCUT2D eigenvalue weighted by Crippen LogP contribution is 2.11. The molecule has 0 saturated carbocycles. The van der Waals surface area contributed by atoms with Gasteiger partial charge >= 0.3 is 0 Å². The number of hydrogen-bond acceptors (Lipinski definition) is 2. The zero-order valence-electron chi connectivity index (χ0n) is 9.56. The molecular weight excluding hydrogens is 294 g/mol. The fraction of sp³-hybridized carbons (Fsp3) is 0.0769. The van der Waals surface area contributed by atoms with Crippen molar-refractivity contribution in [3.05, 3.63) is 58.6 Å². The van der Waals surface area contributed by atoms with Crippen molar-refractivity contribution in [2.45, 2.75) is 6.54 Å². The van der Waals surface area contributed by atoms with Gasteiger partial charge in [0.15, 0.2) is 0 Å². The molecule has 0 unspecified atom stereocenters. The Hall–Kier alpha value is -1.88. The number of hydrogen-bond donors (Lipinski definition) is 2. The second-order valence-corrected chi connectivity index (χ2v) is 4.55. The summed E-state index contributed by atoms with van der Waals surface area (Å²) < 4.78 is 1.02. The van der Waals surface area contributed by atoms with Crippen molar-refractivity contribution in [3.63, 3.8) is 0 Å². The summed E-state index contributed by atoms with van der Waals surface area (Å²) in [6, 6.07) is 7.72. The summed E-state index contributed by atoms with van der Waals surface area (Å²) in [6.45, 7) is 0.399. The number of H-pyrrole nitrogens is 1. The van der Waals surface area contributed by atoms with Gasteiger partial charge in [0.1, 0.15) is 5.82 Å². The Kier molecular flexibility index (Phi) is 4.30. The van der Waals surface area contributed by atoms with Gasteiger partial charge in [0.05, 0.1) is 6.54 Å². The number of nitrogens with zero attached hydrogens (tertiary/aromatic N) is 1. The monoisotopic (exact) mass is 305 g/mol. The maximum absolute atomic E-state index is 11.5. The van der Waals surface area contributed by atoms with Gasteiger partial charge in [-0.15, -0.1) is 0 Å². The Balaban J connectivity index is 1.85. The van der Waals surface area contributed by atoms with Crippen LogP contribution in [0.2, 0.25) is 0 Å². The molecule has 0 aliphatic rings. The van der Waals surface area contributed by atoms with Gasteiger partial charge in [-0.2, -0.15) is 0 Å². The first-order valence-electron chi connectivity index (χ1n) is 5.44. The second kappa shape index (κ2) is 6.16. The molecule has 0 fully saturated rings. The Morgan fingerprint density at radius 1 is 1.39 bits per heavy atom. The van der Waals surface area contributed by atoms with E-state index >= 15 is 0 Å². The fourth-order valence-corrected chi connectivity index (χ4v) is 1.63. The molecule has 0 spiro atoms. The largest absolute Gasteiger partial charge is 0.347 e. The molecule has 5 heteroatoms. The Morgan fingerprint density at radius 2 is 2.17 bits per heavy atom. The van der Waals surface area contributed by atoms with Crippen LogP contribution in [0.4, 0.5) is 0 Å². The summed E-state index contributed by atoms with van der Waals surface area (Å²) >= 11 is 3.36. The molecule has 0 bridgehead atoms. The quantitative estimate of drug-likeness (QED) is 0.853. The topological polar surface area (TPSA) is 57.8 Å². The normalized spacial score (nSPS) is 10.7. The molecule has 1 amide bonds. The van der Waals surface area contributed by atoms with E-state index in [0.29, 0.717) is 6.54 Å². The number of aromatic nitrogens is 2. The molecule has 0 saturated heterocycles. The van der Waals surface area contributed by atoms with E-state index in [-0.39, 0.29) is 5.91 Å². The van der Waals surface area contributed by atoms with Crippen LogP contribution in [-0.4, -0.2) is 15.9 Å². The van der Waals surface area contributed by atoms with Gasteiger partial charge < -0.3 is 10.3 Å². The van der Waals surface area contributed by atoms with Crippen LogP contribution < -0.4 is 5.32 Å². The number of carbonyl (C=O) groups excluding carboxylic acids is 1. The first-order valence-corrected chi connectivity index (χ1v) is 6.23. The van der Waals surface area contributed by atoms with Crippen molar-refractivity contribution >= 4 is 27.9 Å². The zero-order valence-corrected chi connectivity index (χ0v) is 11.1. The Morgan fingerprint density at radius 3 is 2.83 bits per heavy atom. The number of imidazole rings is 1. The van der Waals surface area contributed by atoms with E-state index in [1.807, 2.05) is 24.3 Å². The number of nitrogens with one attached hydrogen (secondary N) is 2. The van der Waals surface area contributed by atoms with Crippen LogP contribution in [0.25, 0.3) is 6.08 Å². The van der Waals surface area contributed by atoms with Crippen molar-refractivity contribution in [2.24, 2.45) is 0 Å². The maximum atomic E-state index is 11.5. The van der Waals surface area contributed by atoms with Crippen molar-refractivity contribution in [1.29, 1.82) is 0 Å². The number of carbonyl (C=O) groups is 1. The molecule has 1 heterocycles. The van der Waals surface area contributed by atoms with Gasteiger partial charge in [-0.1, -0.05) is 28.1 Å². The molecule has 0 aliphatic carbocycles. The predicted molar refractivity (Wildman–Crippen MR) is 73.6 cm³/mol. The standard InChI is InChI=1S/C13H12BrN3O/c14-11-4-1-10(2-5-11)3-6-13(18)17-9-12-15-7-8-16-12/h1-8H,9H2,(H,15,16)(H,17,18). The average molecular weight is 306 g/mol. The summed E-state index contributed by atoms with van der Waals surface area (Å²) in [4.78, 5) is 18.5. The first kappa shape index (κ1) is 12.6. The third-order valence-corrected chi connectivity index (χ3v) is 2.81. The van der Waals surface area contributed by atoms with Crippen molar-refractivity contribution in [1.82, 2.24) is 15.3 Å². The van der Waals surface area contributed by atoms with Crippen molar-refractivity contribution in [2.75, 3.05) is 0 Å². The van der Waals surface area contributed by atoms with E-state index in [9.17, 15) is 4.79 Å². The highest BCUT2D eigenvalue weighted by Gasteiger charge is 1.97. The number of amides is 1. The highest BCUT2D eigenvalue weighted by molar-refractivity contribution is 9.10. The van der Waals surface area contributed by atoms with E-state index in [0.717, 1.165) is 15.9 Å². The molecule has 92 valence electrons. The zero-order chi connectivity index (χ0) is 12.8. The van der Waals surface area contributed by atoms with Crippen molar-refractivity contribution in [3.8, 4) is 0 Å². The molecule has 1 aromatic heterocycles. The summed E-state index contributed by atoms with van der Waals surface area (Å²) in [7, 11) is 0. The smallest absolute Gasteiger partial charge is 0.244 e. The summed E-state index contributed by atoms with van der Waals surface area (Å²) in [5, 5.41) is 2.74. The number of benzene rings is 1. The molecule has 1 aromatic carbocycles. The van der Waals surface area contributed by atoms with Crippen LogP contribution in [0, 0.1) is 0 Å². The van der Waals surface area contributed by atoms with Crippen LogP contribution in [0.1, 0.15) is 11.4 Å². The molecule has 0 atom stereocenters. The third-order valence-electron chi connectivity index (χ3n) is 2.28. The molecule has 18 heavy (non-hydrogen) atoms. The molecule has 0 aliphatic heterocycles. The Bertz CT molecular complexity index is 532. The lowest BCUT2D eigenvalue weighted by molar-refractivity contribution is -0.116. The van der Waals surface area contributed by atoms with E-state index in [1.165, 1.54) is 6.08 Å². The number of halogens is 1. The summed E-state index contributed by atoms with van der Waals surface area (Å²) in [6.07, 6.45) is 6.65. The average Bonchev–Trinajstić information content (AvgIpc) is 2.89. The number of rotatable bonds is 4. The lowest BCUT2D eigenvalue weighted by Crippen LogP contribution is -2.20. The summed E-state index contributed by atoms with van der Waals surface area (Å²) in [5.74, 6) is 0.592. The van der Waals surface area contributed by atoms with Crippen LogP contribution in [0.15, 0.2) is 47.2 Å².